The number of methoxy groups -OCH3 is 1. The van der Waals surface area contributed by atoms with Gasteiger partial charge in [-0.3, -0.25) is 9.59 Å². The molecule has 0 fully saturated rings. The molecule has 3 rings (SSSR count). The first-order chi connectivity index (χ1) is 14.0. The standard InChI is InChI=1S/C21H15N3O4S/c1-28-21(27)14-6-9-17(24-20(26)18-3-2-10-29-18)16(11-14)19(25)23-15-7-4-13(12-22)5-8-15/h2-11H,1H3,(H,23,25)(H,24,26). The molecule has 3 aromatic rings. The molecule has 0 unspecified atom stereocenters. The number of esters is 1. The van der Waals surface area contributed by atoms with Gasteiger partial charge >= 0.3 is 5.97 Å². The maximum Gasteiger partial charge on any atom is 0.337 e. The van der Waals surface area contributed by atoms with E-state index in [4.69, 9.17) is 10.00 Å². The summed E-state index contributed by atoms with van der Waals surface area (Å²) in [5, 5.41) is 16.0. The van der Waals surface area contributed by atoms with Gasteiger partial charge in [0, 0.05) is 5.69 Å². The monoisotopic (exact) mass is 405 g/mol. The molecule has 0 saturated carbocycles. The van der Waals surface area contributed by atoms with Crippen molar-refractivity contribution in [1.29, 1.82) is 5.26 Å². The predicted molar refractivity (Wildman–Crippen MR) is 109 cm³/mol. The molecular weight excluding hydrogens is 390 g/mol. The van der Waals surface area contributed by atoms with Crippen LogP contribution in [-0.4, -0.2) is 24.9 Å². The first kappa shape index (κ1) is 19.8. The highest BCUT2D eigenvalue weighted by molar-refractivity contribution is 7.12. The number of ether oxygens (including phenoxy) is 1. The van der Waals surface area contributed by atoms with Crippen LogP contribution in [0.5, 0.6) is 0 Å². The second-order valence-electron chi connectivity index (χ2n) is 5.83. The molecule has 1 aromatic heterocycles. The lowest BCUT2D eigenvalue weighted by Gasteiger charge is -2.13. The van der Waals surface area contributed by atoms with E-state index >= 15 is 0 Å². The number of carbonyl (C=O) groups is 3. The van der Waals surface area contributed by atoms with E-state index in [1.807, 2.05) is 6.07 Å². The van der Waals surface area contributed by atoms with Gasteiger partial charge in [0.25, 0.3) is 11.8 Å². The van der Waals surface area contributed by atoms with Crippen molar-refractivity contribution in [2.75, 3.05) is 17.7 Å². The van der Waals surface area contributed by atoms with Crippen LogP contribution in [0.25, 0.3) is 0 Å². The van der Waals surface area contributed by atoms with E-state index in [0.717, 1.165) is 0 Å². The molecule has 0 aliphatic heterocycles. The molecule has 0 aliphatic rings. The molecule has 1 heterocycles. The van der Waals surface area contributed by atoms with Crippen LogP contribution in [0.15, 0.2) is 60.0 Å². The smallest absolute Gasteiger partial charge is 0.337 e. The Bertz CT molecular complexity index is 1100. The summed E-state index contributed by atoms with van der Waals surface area (Å²) >= 11 is 1.27. The molecule has 2 N–H and O–H groups in total. The third-order valence-corrected chi connectivity index (χ3v) is 4.82. The van der Waals surface area contributed by atoms with E-state index in [1.54, 1.807) is 41.8 Å². The van der Waals surface area contributed by atoms with Crippen molar-refractivity contribution in [2.45, 2.75) is 0 Å². The first-order valence-electron chi connectivity index (χ1n) is 8.40. The second-order valence-corrected chi connectivity index (χ2v) is 6.77. The highest BCUT2D eigenvalue weighted by atomic mass is 32.1. The average Bonchev–Trinajstić information content (AvgIpc) is 3.29. The summed E-state index contributed by atoms with van der Waals surface area (Å²) in [5.41, 5.74) is 1.45. The fourth-order valence-electron chi connectivity index (χ4n) is 2.50. The highest BCUT2D eigenvalue weighted by Crippen LogP contribution is 2.22. The van der Waals surface area contributed by atoms with Gasteiger partial charge in [-0.1, -0.05) is 6.07 Å². The van der Waals surface area contributed by atoms with Crippen LogP contribution in [0.2, 0.25) is 0 Å². The zero-order valence-electron chi connectivity index (χ0n) is 15.3. The van der Waals surface area contributed by atoms with Gasteiger partial charge in [0.1, 0.15) is 0 Å². The van der Waals surface area contributed by atoms with E-state index in [9.17, 15) is 14.4 Å². The van der Waals surface area contributed by atoms with E-state index in [1.165, 1.54) is 36.6 Å². The van der Waals surface area contributed by atoms with Crippen LogP contribution in [-0.2, 0) is 4.74 Å². The Kier molecular flexibility index (Phi) is 6.02. The lowest BCUT2D eigenvalue weighted by atomic mass is 10.1. The Morgan fingerprint density at radius 3 is 2.38 bits per heavy atom. The molecule has 0 atom stereocenters. The minimum atomic E-state index is -0.603. The van der Waals surface area contributed by atoms with Crippen molar-refractivity contribution in [3.8, 4) is 6.07 Å². The molecule has 144 valence electrons. The van der Waals surface area contributed by atoms with Crippen LogP contribution in [0.1, 0.15) is 36.0 Å². The molecule has 0 saturated heterocycles. The third-order valence-electron chi connectivity index (χ3n) is 3.95. The number of thiophene rings is 1. The van der Waals surface area contributed by atoms with Gasteiger partial charge in [0.15, 0.2) is 0 Å². The summed E-state index contributed by atoms with van der Waals surface area (Å²) in [6.07, 6.45) is 0. The van der Waals surface area contributed by atoms with Crippen molar-refractivity contribution >= 4 is 40.5 Å². The van der Waals surface area contributed by atoms with Crippen LogP contribution in [0.3, 0.4) is 0 Å². The summed E-state index contributed by atoms with van der Waals surface area (Å²) in [7, 11) is 1.24. The van der Waals surface area contributed by atoms with Crippen molar-refractivity contribution in [2.24, 2.45) is 0 Å². The van der Waals surface area contributed by atoms with Crippen molar-refractivity contribution in [1.82, 2.24) is 0 Å². The number of carbonyl (C=O) groups excluding carboxylic acids is 3. The third kappa shape index (κ3) is 4.66. The van der Waals surface area contributed by atoms with Gasteiger partial charge in [-0.15, -0.1) is 11.3 Å². The number of rotatable bonds is 5. The minimum Gasteiger partial charge on any atom is -0.465 e. The highest BCUT2D eigenvalue weighted by Gasteiger charge is 2.18. The fraction of sp³-hybridized carbons (Fsp3) is 0.0476. The number of hydrogen-bond acceptors (Lipinski definition) is 6. The maximum atomic E-state index is 12.8. The van der Waals surface area contributed by atoms with Crippen molar-refractivity contribution < 1.29 is 19.1 Å². The second kappa shape index (κ2) is 8.82. The minimum absolute atomic E-state index is 0.0992. The van der Waals surface area contributed by atoms with Gasteiger partial charge in [-0.25, -0.2) is 4.79 Å². The first-order valence-corrected chi connectivity index (χ1v) is 9.28. The van der Waals surface area contributed by atoms with Crippen LogP contribution in [0.4, 0.5) is 11.4 Å². The molecule has 2 aromatic carbocycles. The molecule has 0 radical (unpaired) electrons. The Labute approximate surface area is 170 Å². The predicted octanol–water partition coefficient (Wildman–Crippen LogP) is 3.91. The molecule has 7 nitrogen and oxygen atoms in total. The Balaban J connectivity index is 1.91. The number of nitriles is 1. The van der Waals surface area contributed by atoms with Crippen LogP contribution in [0, 0.1) is 11.3 Å². The van der Waals surface area contributed by atoms with Crippen LogP contribution < -0.4 is 10.6 Å². The topological polar surface area (TPSA) is 108 Å². The summed E-state index contributed by atoms with van der Waals surface area (Å²) in [6, 6.07) is 16.0. The summed E-state index contributed by atoms with van der Waals surface area (Å²) in [5.74, 6) is -1.49. The zero-order valence-corrected chi connectivity index (χ0v) is 16.1. The maximum absolute atomic E-state index is 12.8. The lowest BCUT2D eigenvalue weighted by molar-refractivity contribution is 0.0600. The molecule has 0 bridgehead atoms. The summed E-state index contributed by atoms with van der Waals surface area (Å²) < 4.78 is 4.71. The Hall–Kier alpha value is -3.96. The van der Waals surface area contributed by atoms with Crippen molar-refractivity contribution in [3.63, 3.8) is 0 Å². The quantitative estimate of drug-likeness (QED) is 0.626. The lowest BCUT2D eigenvalue weighted by Crippen LogP contribution is -2.18. The Morgan fingerprint density at radius 2 is 1.76 bits per heavy atom. The number of anilines is 2. The van der Waals surface area contributed by atoms with E-state index in [-0.39, 0.29) is 22.7 Å². The van der Waals surface area contributed by atoms with E-state index in [2.05, 4.69) is 10.6 Å². The summed E-state index contributed by atoms with van der Waals surface area (Å²) in [4.78, 5) is 37.6. The summed E-state index contributed by atoms with van der Waals surface area (Å²) in [6.45, 7) is 0. The normalized spacial score (nSPS) is 9.93. The molecule has 8 heteroatoms. The number of amides is 2. The van der Waals surface area contributed by atoms with Crippen LogP contribution >= 0.6 is 11.3 Å². The molecule has 0 aliphatic carbocycles. The SMILES string of the molecule is COC(=O)c1ccc(NC(=O)c2cccs2)c(C(=O)Nc2ccc(C#N)cc2)c1. The van der Waals surface area contributed by atoms with Crippen molar-refractivity contribution in [3.05, 3.63) is 81.5 Å². The number of hydrogen-bond donors (Lipinski definition) is 2. The number of benzene rings is 2. The van der Waals surface area contributed by atoms with Gasteiger partial charge in [-0.05, 0) is 53.9 Å². The molecular formula is C21H15N3O4S. The van der Waals surface area contributed by atoms with Gasteiger partial charge in [0.05, 0.1) is 40.4 Å². The molecule has 29 heavy (non-hydrogen) atoms. The Morgan fingerprint density at radius 1 is 1.00 bits per heavy atom. The molecule has 2 amide bonds. The average molecular weight is 405 g/mol. The van der Waals surface area contributed by atoms with E-state index in [0.29, 0.717) is 16.1 Å². The molecule has 0 spiro atoms. The van der Waals surface area contributed by atoms with Gasteiger partial charge in [-0.2, -0.15) is 5.26 Å². The number of nitrogens with zero attached hydrogens (tertiary/aromatic N) is 1. The fourth-order valence-corrected chi connectivity index (χ4v) is 3.12. The van der Waals surface area contributed by atoms with Gasteiger partial charge in [0.2, 0.25) is 0 Å². The van der Waals surface area contributed by atoms with Gasteiger partial charge < -0.3 is 15.4 Å². The zero-order chi connectivity index (χ0) is 20.8. The number of nitrogens with one attached hydrogen (secondary N) is 2. The largest absolute Gasteiger partial charge is 0.465 e. The van der Waals surface area contributed by atoms with E-state index < -0.39 is 11.9 Å².